The summed E-state index contributed by atoms with van der Waals surface area (Å²) in [6, 6.07) is 13.3. The van der Waals surface area contributed by atoms with Crippen LogP contribution in [0.2, 0.25) is 10.0 Å². The van der Waals surface area contributed by atoms with Crippen LogP contribution in [-0.2, 0) is 16.0 Å². The van der Waals surface area contributed by atoms with Crippen molar-refractivity contribution in [3.8, 4) is 0 Å². The number of halogens is 2. The van der Waals surface area contributed by atoms with Crippen LogP contribution >= 0.6 is 23.2 Å². The van der Waals surface area contributed by atoms with E-state index < -0.39 is 17.9 Å². The molecule has 1 N–H and O–H groups in total. The van der Waals surface area contributed by atoms with Gasteiger partial charge in [-0.15, -0.1) is 0 Å². The van der Waals surface area contributed by atoms with E-state index in [1.165, 1.54) is 13.3 Å². The van der Waals surface area contributed by atoms with Crippen molar-refractivity contribution in [2.75, 3.05) is 7.11 Å². The summed E-state index contributed by atoms with van der Waals surface area (Å²) in [6.07, 6.45) is 1.58. The van der Waals surface area contributed by atoms with Gasteiger partial charge in [-0.25, -0.2) is 4.79 Å². The first kappa shape index (κ1) is 19.1. The quantitative estimate of drug-likeness (QED) is 0.653. The van der Waals surface area contributed by atoms with E-state index in [1.54, 1.807) is 24.3 Å². The van der Waals surface area contributed by atoms with Gasteiger partial charge in [-0.1, -0.05) is 47.5 Å². The average Bonchev–Trinajstić information content (AvgIpc) is 2.68. The van der Waals surface area contributed by atoms with Gasteiger partial charge in [0.15, 0.2) is 0 Å². The summed E-state index contributed by atoms with van der Waals surface area (Å²) in [7, 11) is 1.26. The van der Waals surface area contributed by atoms with E-state index in [-0.39, 0.29) is 6.42 Å². The zero-order valence-corrected chi connectivity index (χ0v) is 15.9. The molecule has 1 aromatic heterocycles. The second-order valence-corrected chi connectivity index (χ2v) is 6.68. The number of benzene rings is 2. The van der Waals surface area contributed by atoms with Gasteiger partial charge in [0, 0.05) is 28.0 Å². The van der Waals surface area contributed by atoms with E-state index in [9.17, 15) is 9.59 Å². The first-order valence-electron chi connectivity index (χ1n) is 8.16. The Morgan fingerprint density at radius 2 is 1.81 bits per heavy atom. The molecule has 0 aliphatic carbocycles. The number of rotatable bonds is 5. The topological polar surface area (TPSA) is 68.3 Å². The molecule has 1 heterocycles. The summed E-state index contributed by atoms with van der Waals surface area (Å²) in [4.78, 5) is 29.1. The largest absolute Gasteiger partial charge is 0.467 e. The maximum absolute atomic E-state index is 12.7. The molecule has 138 valence electrons. The Labute approximate surface area is 166 Å². The van der Waals surface area contributed by atoms with E-state index in [0.29, 0.717) is 21.2 Å². The fourth-order valence-electron chi connectivity index (χ4n) is 2.70. The van der Waals surface area contributed by atoms with Crippen LogP contribution in [0, 0.1) is 0 Å². The minimum absolute atomic E-state index is 0.109. The molecule has 27 heavy (non-hydrogen) atoms. The maximum atomic E-state index is 12.7. The lowest BCUT2D eigenvalue weighted by atomic mass is 10.0. The Kier molecular flexibility index (Phi) is 5.94. The van der Waals surface area contributed by atoms with Crippen LogP contribution < -0.4 is 5.32 Å². The minimum atomic E-state index is -0.939. The normalized spacial score (nSPS) is 11.8. The van der Waals surface area contributed by atoms with Gasteiger partial charge < -0.3 is 10.1 Å². The molecule has 1 amide bonds. The van der Waals surface area contributed by atoms with Gasteiger partial charge in [-0.05, 0) is 29.8 Å². The number of nitrogens with zero attached hydrogens (tertiary/aromatic N) is 1. The zero-order chi connectivity index (χ0) is 19.4. The van der Waals surface area contributed by atoms with Crippen LogP contribution in [0.25, 0.3) is 10.9 Å². The molecular weight excluding hydrogens is 387 g/mol. The van der Waals surface area contributed by atoms with Crippen LogP contribution in [0.5, 0.6) is 0 Å². The highest BCUT2D eigenvalue weighted by Gasteiger charge is 2.25. The Morgan fingerprint density at radius 3 is 2.52 bits per heavy atom. The van der Waals surface area contributed by atoms with Gasteiger partial charge in [-0.3, -0.25) is 9.78 Å². The lowest BCUT2D eigenvalue weighted by Gasteiger charge is -2.18. The highest BCUT2D eigenvalue weighted by atomic mass is 35.5. The number of esters is 1. The fourth-order valence-corrected chi connectivity index (χ4v) is 3.26. The van der Waals surface area contributed by atoms with Crippen LogP contribution in [0.4, 0.5) is 0 Å². The molecule has 5 nitrogen and oxygen atoms in total. The molecule has 7 heteroatoms. The standard InChI is InChI=1S/C20H16Cl2N2O3/c1-27-20(26)18(10-14-15(21)6-4-7-16(14)22)24-19(25)13-9-12-5-2-3-8-17(12)23-11-13/h2-9,11,18H,10H2,1H3,(H,24,25)/t18-/m1/s1. The Bertz CT molecular complexity index is 987. The molecule has 0 bridgehead atoms. The van der Waals surface area contributed by atoms with Crippen molar-refractivity contribution >= 4 is 46.0 Å². The fraction of sp³-hybridized carbons (Fsp3) is 0.150. The summed E-state index contributed by atoms with van der Waals surface area (Å²) >= 11 is 12.4. The van der Waals surface area contributed by atoms with Gasteiger partial charge in [0.1, 0.15) is 6.04 Å². The van der Waals surface area contributed by atoms with E-state index in [0.717, 1.165) is 10.9 Å². The Hall–Kier alpha value is -2.63. The number of para-hydroxylation sites is 1. The third-order valence-electron chi connectivity index (χ3n) is 4.11. The first-order valence-corrected chi connectivity index (χ1v) is 8.91. The van der Waals surface area contributed by atoms with Crippen molar-refractivity contribution in [1.82, 2.24) is 10.3 Å². The highest BCUT2D eigenvalue weighted by molar-refractivity contribution is 6.36. The highest BCUT2D eigenvalue weighted by Crippen LogP contribution is 2.26. The maximum Gasteiger partial charge on any atom is 0.328 e. The predicted octanol–water partition coefficient (Wildman–Crippen LogP) is 4.06. The van der Waals surface area contributed by atoms with Gasteiger partial charge in [0.25, 0.3) is 5.91 Å². The molecular formula is C20H16Cl2N2O3. The van der Waals surface area contributed by atoms with E-state index >= 15 is 0 Å². The molecule has 0 saturated heterocycles. The molecule has 2 aromatic carbocycles. The van der Waals surface area contributed by atoms with Crippen molar-refractivity contribution in [3.05, 3.63) is 75.9 Å². The van der Waals surface area contributed by atoms with Crippen LogP contribution in [0.15, 0.2) is 54.7 Å². The molecule has 0 fully saturated rings. The number of carbonyl (C=O) groups excluding carboxylic acids is 2. The van der Waals surface area contributed by atoms with Crippen molar-refractivity contribution in [1.29, 1.82) is 0 Å². The van der Waals surface area contributed by atoms with Gasteiger partial charge in [-0.2, -0.15) is 0 Å². The number of methoxy groups -OCH3 is 1. The number of hydrogen-bond donors (Lipinski definition) is 1. The molecule has 0 spiro atoms. The number of amides is 1. The van der Waals surface area contributed by atoms with Crippen molar-refractivity contribution in [2.24, 2.45) is 0 Å². The molecule has 3 aromatic rings. The third-order valence-corrected chi connectivity index (χ3v) is 4.82. The number of carbonyl (C=O) groups is 2. The van der Waals surface area contributed by atoms with Crippen molar-refractivity contribution in [2.45, 2.75) is 12.5 Å². The van der Waals surface area contributed by atoms with Gasteiger partial charge in [0.2, 0.25) is 0 Å². The summed E-state index contributed by atoms with van der Waals surface area (Å²) in [5, 5.41) is 4.34. The van der Waals surface area contributed by atoms with Crippen molar-refractivity contribution in [3.63, 3.8) is 0 Å². The molecule has 1 atom stereocenters. The van der Waals surface area contributed by atoms with Crippen LogP contribution in [0.1, 0.15) is 15.9 Å². The van der Waals surface area contributed by atoms with Gasteiger partial charge in [0.05, 0.1) is 18.2 Å². The van der Waals surface area contributed by atoms with E-state index in [4.69, 9.17) is 27.9 Å². The first-order chi connectivity index (χ1) is 13.0. The monoisotopic (exact) mass is 402 g/mol. The molecule has 0 saturated carbocycles. The van der Waals surface area contributed by atoms with Crippen molar-refractivity contribution < 1.29 is 14.3 Å². The van der Waals surface area contributed by atoms with Gasteiger partial charge >= 0.3 is 5.97 Å². The molecule has 0 radical (unpaired) electrons. The number of nitrogens with one attached hydrogen (secondary N) is 1. The predicted molar refractivity (Wildman–Crippen MR) is 105 cm³/mol. The number of hydrogen-bond acceptors (Lipinski definition) is 4. The third kappa shape index (κ3) is 4.38. The second-order valence-electron chi connectivity index (χ2n) is 5.87. The Morgan fingerprint density at radius 1 is 1.11 bits per heavy atom. The molecule has 0 unspecified atom stereocenters. The number of fused-ring (bicyclic) bond motifs is 1. The van der Waals surface area contributed by atoms with E-state index in [1.807, 2.05) is 24.3 Å². The molecule has 0 aliphatic heterocycles. The molecule has 3 rings (SSSR count). The minimum Gasteiger partial charge on any atom is -0.467 e. The number of aromatic nitrogens is 1. The summed E-state index contributed by atoms with van der Waals surface area (Å²) in [5.74, 6) is -1.03. The number of ether oxygens (including phenoxy) is 1. The van der Waals surface area contributed by atoms with Crippen LogP contribution in [0.3, 0.4) is 0 Å². The molecule has 0 aliphatic rings. The smallest absolute Gasteiger partial charge is 0.328 e. The average molecular weight is 403 g/mol. The van der Waals surface area contributed by atoms with E-state index in [2.05, 4.69) is 10.3 Å². The summed E-state index contributed by atoms with van der Waals surface area (Å²) < 4.78 is 4.82. The zero-order valence-electron chi connectivity index (χ0n) is 14.4. The SMILES string of the molecule is COC(=O)[C@@H](Cc1c(Cl)cccc1Cl)NC(=O)c1cnc2ccccc2c1. The Balaban J connectivity index is 1.85. The lowest BCUT2D eigenvalue weighted by molar-refractivity contribution is -0.142. The second kappa shape index (κ2) is 8.37. The van der Waals surface area contributed by atoms with Crippen LogP contribution in [-0.4, -0.2) is 30.0 Å². The number of pyridine rings is 1. The lowest BCUT2D eigenvalue weighted by Crippen LogP contribution is -2.43. The summed E-state index contributed by atoms with van der Waals surface area (Å²) in [5.41, 5.74) is 1.68. The summed E-state index contributed by atoms with van der Waals surface area (Å²) in [6.45, 7) is 0.